The molecular weight excluding hydrogens is 376 g/mol. The Kier molecular flexibility index (Phi) is 6.39. The Morgan fingerprint density at radius 3 is 2.41 bits per heavy atom. The van der Waals surface area contributed by atoms with Crippen LogP contribution < -0.4 is 0 Å². The molecule has 7 nitrogen and oxygen atoms in total. The van der Waals surface area contributed by atoms with Crippen molar-refractivity contribution >= 4 is 17.7 Å². The molecule has 0 unspecified atom stereocenters. The number of carbonyl (C=O) groups is 3. The van der Waals surface area contributed by atoms with Crippen LogP contribution in [0.2, 0.25) is 0 Å². The first-order chi connectivity index (χ1) is 13.5. The molecule has 0 aromatic rings. The molecule has 0 aromatic carbocycles. The van der Waals surface area contributed by atoms with E-state index in [0.29, 0.717) is 18.9 Å². The second-order valence-corrected chi connectivity index (χ2v) is 9.60. The maximum Gasteiger partial charge on any atom is 0.303 e. The van der Waals surface area contributed by atoms with Crippen LogP contribution in [0.25, 0.3) is 0 Å². The van der Waals surface area contributed by atoms with E-state index < -0.39 is 11.6 Å². The van der Waals surface area contributed by atoms with Crippen LogP contribution in [0.5, 0.6) is 0 Å². The highest BCUT2D eigenvalue weighted by Gasteiger charge is 2.62. The molecule has 9 atom stereocenters. The zero-order chi connectivity index (χ0) is 21.5. The lowest BCUT2D eigenvalue weighted by molar-refractivity contribution is -0.160. The van der Waals surface area contributed by atoms with Gasteiger partial charge in [0.05, 0.1) is 24.4 Å². The van der Waals surface area contributed by atoms with E-state index in [2.05, 4.69) is 13.8 Å². The smallest absolute Gasteiger partial charge is 0.303 e. The lowest BCUT2D eigenvalue weighted by Gasteiger charge is -2.46. The first-order valence-corrected chi connectivity index (χ1v) is 10.7. The third-order valence-electron chi connectivity index (χ3n) is 7.26. The summed E-state index contributed by atoms with van der Waals surface area (Å²) >= 11 is 0. The van der Waals surface area contributed by atoms with E-state index in [-0.39, 0.29) is 66.6 Å². The van der Waals surface area contributed by atoms with Gasteiger partial charge in [-0.25, -0.2) is 0 Å². The van der Waals surface area contributed by atoms with E-state index in [9.17, 15) is 19.5 Å². The molecule has 164 valence electrons. The minimum absolute atomic E-state index is 0.00601. The van der Waals surface area contributed by atoms with Crippen LogP contribution in [0.1, 0.15) is 60.3 Å². The van der Waals surface area contributed by atoms with E-state index in [1.165, 1.54) is 6.92 Å². The monoisotopic (exact) mass is 410 g/mol. The highest BCUT2D eigenvalue weighted by Crippen LogP contribution is 2.56. The maximum atomic E-state index is 12.0. The molecule has 2 heterocycles. The fourth-order valence-corrected chi connectivity index (χ4v) is 5.97. The van der Waals surface area contributed by atoms with Gasteiger partial charge in [0.1, 0.15) is 11.9 Å². The highest BCUT2D eigenvalue weighted by molar-refractivity contribution is 5.76. The number of Topliss-reactive ketones (excluding diaryl/α,β-unsaturated/α-hetero) is 1. The molecule has 3 fully saturated rings. The second-order valence-electron chi connectivity index (χ2n) is 9.60. The summed E-state index contributed by atoms with van der Waals surface area (Å²) in [6.45, 7) is 9.71. The van der Waals surface area contributed by atoms with Crippen molar-refractivity contribution in [1.82, 2.24) is 0 Å². The summed E-state index contributed by atoms with van der Waals surface area (Å²) in [7, 11) is 0. The molecule has 1 N–H and O–H groups in total. The minimum Gasteiger partial charge on any atom is -0.481 e. The van der Waals surface area contributed by atoms with Gasteiger partial charge in [0.25, 0.3) is 0 Å². The van der Waals surface area contributed by atoms with Crippen molar-refractivity contribution in [3.05, 3.63) is 0 Å². The van der Waals surface area contributed by atoms with Crippen LogP contribution in [0.4, 0.5) is 0 Å². The molecule has 3 rings (SSSR count). The summed E-state index contributed by atoms with van der Waals surface area (Å²) in [6, 6.07) is 0. The molecule has 2 saturated heterocycles. The summed E-state index contributed by atoms with van der Waals surface area (Å²) in [6.07, 6.45) is 0.511. The quantitative estimate of drug-likeness (QED) is 0.672. The molecule has 0 amide bonds. The Balaban J connectivity index is 2.01. The Labute approximate surface area is 172 Å². The first-order valence-electron chi connectivity index (χ1n) is 10.7. The Morgan fingerprint density at radius 2 is 1.83 bits per heavy atom. The minimum atomic E-state index is -0.867. The molecule has 0 aromatic heterocycles. The molecule has 7 heteroatoms. The number of ketones is 1. The number of carbonyl (C=O) groups excluding carboxylic acids is 2. The van der Waals surface area contributed by atoms with Crippen molar-refractivity contribution in [2.24, 2.45) is 29.6 Å². The van der Waals surface area contributed by atoms with E-state index in [4.69, 9.17) is 14.2 Å². The van der Waals surface area contributed by atoms with Crippen molar-refractivity contribution in [2.45, 2.75) is 84.2 Å². The topological polar surface area (TPSA) is 99.1 Å². The Bertz CT molecular complexity index is 662. The van der Waals surface area contributed by atoms with E-state index in [1.807, 2.05) is 6.92 Å². The van der Waals surface area contributed by atoms with E-state index in [1.54, 1.807) is 6.92 Å². The Morgan fingerprint density at radius 1 is 1.14 bits per heavy atom. The maximum absolute atomic E-state index is 12.0. The number of rotatable bonds is 6. The molecule has 2 aliphatic heterocycles. The molecule has 0 spiro atoms. The molecular formula is C22H34O7. The van der Waals surface area contributed by atoms with Gasteiger partial charge in [0.2, 0.25) is 0 Å². The third kappa shape index (κ3) is 4.36. The van der Waals surface area contributed by atoms with Gasteiger partial charge >= 0.3 is 11.9 Å². The molecule has 1 saturated carbocycles. The zero-order valence-electron chi connectivity index (χ0n) is 18.1. The predicted molar refractivity (Wildman–Crippen MR) is 104 cm³/mol. The number of ether oxygens (including phenoxy) is 3. The average Bonchev–Trinajstić information content (AvgIpc) is 2.94. The SMILES string of the molecule is CC(=O)C[C@@H]1O[C@H]2[C@H]3[C@@H](C[C@@H](C)[C@@H](OC(C)=O)[C@H]31)[C@@H](C)CO[C@@]2(C)CCC(=O)O. The molecule has 1 aliphatic carbocycles. The van der Waals surface area contributed by atoms with Gasteiger partial charge in [0, 0.05) is 25.7 Å². The van der Waals surface area contributed by atoms with Crippen molar-refractivity contribution in [3.63, 3.8) is 0 Å². The third-order valence-corrected chi connectivity index (χ3v) is 7.26. The van der Waals surface area contributed by atoms with E-state index in [0.717, 1.165) is 6.42 Å². The number of carboxylic acid groups (broad SMARTS) is 1. The summed E-state index contributed by atoms with van der Waals surface area (Å²) < 4.78 is 18.6. The van der Waals surface area contributed by atoms with Gasteiger partial charge in [-0.2, -0.15) is 0 Å². The molecule has 3 aliphatic rings. The number of hydrogen-bond acceptors (Lipinski definition) is 6. The fraction of sp³-hybridized carbons (Fsp3) is 0.864. The Hall–Kier alpha value is -1.47. The van der Waals surface area contributed by atoms with Crippen molar-refractivity contribution < 1.29 is 33.7 Å². The molecule has 29 heavy (non-hydrogen) atoms. The summed E-state index contributed by atoms with van der Waals surface area (Å²) in [4.78, 5) is 35.1. The molecule has 0 bridgehead atoms. The zero-order valence-corrected chi connectivity index (χ0v) is 18.1. The van der Waals surface area contributed by atoms with Gasteiger partial charge in [0.15, 0.2) is 0 Å². The number of hydrogen-bond donors (Lipinski definition) is 1. The van der Waals surface area contributed by atoms with Crippen LogP contribution in [0, 0.1) is 29.6 Å². The number of carboxylic acids is 1. The van der Waals surface area contributed by atoms with Crippen molar-refractivity contribution in [3.8, 4) is 0 Å². The first kappa shape index (κ1) is 22.2. The predicted octanol–water partition coefficient (Wildman–Crippen LogP) is 2.84. The summed E-state index contributed by atoms with van der Waals surface area (Å²) in [5.41, 5.74) is -0.753. The lowest BCUT2D eigenvalue weighted by Crippen LogP contribution is -2.52. The standard InChI is InChI=1S/C22H34O7/c1-11-8-15-12(2)10-27-22(5,7-6-17(25)26)21-18(15)19(20(11)28-14(4)24)16(29-21)9-13(3)23/h11-12,15-16,18-21H,6-10H2,1-5H3,(H,25,26)/t11-,12+,15+,16+,18+,19+,20-,21+,22+/m1/s1. The van der Waals surface area contributed by atoms with Gasteiger partial charge in [-0.15, -0.1) is 0 Å². The number of esters is 1. The van der Waals surface area contributed by atoms with Crippen molar-refractivity contribution in [1.29, 1.82) is 0 Å². The fourth-order valence-electron chi connectivity index (χ4n) is 5.97. The van der Waals surface area contributed by atoms with Gasteiger partial charge in [-0.1, -0.05) is 13.8 Å². The van der Waals surface area contributed by atoms with E-state index >= 15 is 0 Å². The number of aliphatic carboxylic acids is 1. The summed E-state index contributed by atoms with van der Waals surface area (Å²) in [5, 5.41) is 9.23. The van der Waals surface area contributed by atoms with Gasteiger partial charge < -0.3 is 19.3 Å². The van der Waals surface area contributed by atoms with Crippen LogP contribution in [0.3, 0.4) is 0 Å². The van der Waals surface area contributed by atoms with Crippen LogP contribution in [-0.4, -0.2) is 53.3 Å². The summed E-state index contributed by atoms with van der Waals surface area (Å²) in [5.74, 6) is -0.430. The average molecular weight is 411 g/mol. The lowest BCUT2D eigenvalue weighted by atomic mass is 9.59. The normalized spacial score (nSPS) is 43.9. The molecule has 0 radical (unpaired) electrons. The highest BCUT2D eigenvalue weighted by atomic mass is 16.6. The van der Waals surface area contributed by atoms with Gasteiger partial charge in [-0.05, 0) is 50.4 Å². The second kappa shape index (κ2) is 8.34. The van der Waals surface area contributed by atoms with Crippen molar-refractivity contribution in [2.75, 3.05) is 6.61 Å². The van der Waals surface area contributed by atoms with Crippen LogP contribution in [0.15, 0.2) is 0 Å². The van der Waals surface area contributed by atoms with Crippen LogP contribution >= 0.6 is 0 Å². The van der Waals surface area contributed by atoms with Crippen LogP contribution in [-0.2, 0) is 28.6 Å². The van der Waals surface area contributed by atoms with Gasteiger partial charge in [-0.3, -0.25) is 14.4 Å². The largest absolute Gasteiger partial charge is 0.481 e.